The molecular formula is H7BiFeMoSi. The van der Waals surface area contributed by atoms with Crippen LogP contribution in [0.5, 0.6) is 0 Å². The Kier molecular flexibility index (Phi) is 154. The van der Waals surface area contributed by atoms with E-state index in [-0.39, 0.29) is 75.3 Å². The number of hydrogen-bond acceptors (Lipinski definition) is 0. The average Bonchev–Trinajstić information content (AvgIpc) is 0. The molecule has 0 aromatic rings. The molecule has 0 unspecified atom stereocenters. The summed E-state index contributed by atoms with van der Waals surface area (Å²) in [5, 5.41) is 0. The van der Waals surface area contributed by atoms with Crippen LogP contribution in [0.1, 0.15) is 0 Å². The predicted octanol–water partition coefficient (Wildman–Crippen LogP) is -2.64. The summed E-state index contributed by atoms with van der Waals surface area (Å²) in [6.07, 6.45) is 0. The zero-order valence-corrected chi connectivity index (χ0v) is 10.1. The van der Waals surface area contributed by atoms with Crippen LogP contribution in [0.2, 0.25) is 0 Å². The molecule has 0 saturated carbocycles. The number of hydrogen-bond donors (Lipinski definition) is 0. The Morgan fingerprint density at radius 1 is 1.00 bits per heavy atom. The summed E-state index contributed by atoms with van der Waals surface area (Å²) in [4.78, 5) is 0. The van der Waals surface area contributed by atoms with E-state index in [1.54, 1.807) is 0 Å². The molecule has 0 atom stereocenters. The van der Waals surface area contributed by atoms with Crippen molar-refractivity contribution in [1.29, 1.82) is 0 Å². The third-order valence-corrected chi connectivity index (χ3v) is 0. The van der Waals surface area contributed by atoms with Gasteiger partial charge in [0, 0.05) is 38.1 Å². The Morgan fingerprint density at radius 3 is 1.00 bits per heavy atom. The van der Waals surface area contributed by atoms with Gasteiger partial charge in [-0.05, 0) is 11.0 Å². The molecule has 0 radical (unpaired) electrons. The molecule has 0 aliphatic rings. The second-order valence-corrected chi connectivity index (χ2v) is 0. The van der Waals surface area contributed by atoms with Crippen molar-refractivity contribution in [2.45, 2.75) is 0 Å². The Balaban J connectivity index is 0. The molecule has 0 heterocycles. The molecule has 0 amide bonds. The van der Waals surface area contributed by atoms with Gasteiger partial charge in [0.05, 0.1) is 0 Å². The Labute approximate surface area is 74.4 Å². The van der Waals surface area contributed by atoms with E-state index in [4.69, 9.17) is 0 Å². The second-order valence-electron chi connectivity index (χ2n) is 0. The van der Waals surface area contributed by atoms with Gasteiger partial charge in [-0.3, -0.25) is 0 Å². The minimum atomic E-state index is 0. The van der Waals surface area contributed by atoms with Gasteiger partial charge >= 0.3 is 26.2 Å². The van der Waals surface area contributed by atoms with Gasteiger partial charge in [0.15, 0.2) is 0 Å². The van der Waals surface area contributed by atoms with Gasteiger partial charge < -0.3 is 0 Å². The molecule has 0 N–H and O–H groups in total. The van der Waals surface area contributed by atoms with Crippen LogP contribution in [0.3, 0.4) is 0 Å². The zero-order chi connectivity index (χ0) is 0. The maximum Gasteiger partial charge on any atom is 0 e. The van der Waals surface area contributed by atoms with E-state index in [9.17, 15) is 0 Å². The monoisotopic (exact) mass is 398 g/mol. The molecule has 0 fully saturated rings. The first kappa shape index (κ1) is 33.4. The normalized spacial score (nSPS) is 0. The van der Waals surface area contributed by atoms with Crippen LogP contribution in [0.4, 0.5) is 0 Å². The summed E-state index contributed by atoms with van der Waals surface area (Å²) in [6.45, 7) is 0. The summed E-state index contributed by atoms with van der Waals surface area (Å²) in [6, 6.07) is 0. The van der Waals surface area contributed by atoms with Crippen LogP contribution in [0.15, 0.2) is 0 Å². The van der Waals surface area contributed by atoms with E-state index in [1.807, 2.05) is 0 Å². The largest absolute Gasteiger partial charge is 0.0149 e. The summed E-state index contributed by atoms with van der Waals surface area (Å²) < 4.78 is 0. The first-order valence-electron chi connectivity index (χ1n) is 0. The Morgan fingerprint density at radius 2 is 1.00 bits per heavy atom. The first-order chi connectivity index (χ1) is 0. The average molecular weight is 396 g/mol. The van der Waals surface area contributed by atoms with Gasteiger partial charge in [-0.2, -0.15) is 0 Å². The van der Waals surface area contributed by atoms with Crippen molar-refractivity contribution in [3.05, 3.63) is 0 Å². The van der Waals surface area contributed by atoms with Gasteiger partial charge in [0.1, 0.15) is 0 Å². The van der Waals surface area contributed by atoms with E-state index in [0.29, 0.717) is 0 Å². The molecule has 0 bridgehead atoms. The maximum absolute atomic E-state index is 0. The van der Waals surface area contributed by atoms with Crippen molar-refractivity contribution in [3.8, 4) is 0 Å². The van der Waals surface area contributed by atoms with Crippen LogP contribution in [0.25, 0.3) is 0 Å². The summed E-state index contributed by atoms with van der Waals surface area (Å²) in [7, 11) is 0. The molecule has 0 saturated heterocycles. The van der Waals surface area contributed by atoms with Crippen LogP contribution in [-0.4, -0.2) is 37.2 Å². The second kappa shape index (κ2) is 18.5. The van der Waals surface area contributed by atoms with Crippen LogP contribution >= 0.6 is 0 Å². The Bertz CT molecular complexity index is 8.00. The van der Waals surface area contributed by atoms with Crippen LogP contribution in [0, 0.1) is 0 Å². The zero-order valence-electron chi connectivity index (χ0n) is 1.47. The topological polar surface area (TPSA) is 0 Å². The van der Waals surface area contributed by atoms with Crippen molar-refractivity contribution in [2.75, 3.05) is 0 Å². The molecule has 0 nitrogen and oxygen atoms in total. The molecule has 30 valence electrons. The smallest absolute Gasteiger partial charge is 0 e. The van der Waals surface area contributed by atoms with Gasteiger partial charge in [-0.25, -0.2) is 0 Å². The standard InChI is InChI=1S/Bi.Fe.Mo.H4Si.3H/h;;;1H4;;;. The molecule has 0 aliphatic carbocycles. The summed E-state index contributed by atoms with van der Waals surface area (Å²) >= 11 is 0. The third-order valence-electron chi connectivity index (χ3n) is 0. The van der Waals surface area contributed by atoms with Gasteiger partial charge in [0.2, 0.25) is 0 Å². The summed E-state index contributed by atoms with van der Waals surface area (Å²) in [5.74, 6) is 0. The Hall–Kier alpha value is 2.31. The SMILES string of the molecule is [BiH3].[Fe].[Mo].[SiH4]. The molecule has 4 heavy (non-hydrogen) atoms. The molecule has 0 aliphatic heterocycles. The van der Waals surface area contributed by atoms with Gasteiger partial charge in [-0.15, -0.1) is 0 Å². The fraction of sp³-hybridized carbons (Fsp3) is 0. The molecule has 0 spiro atoms. The molecule has 0 aromatic carbocycles. The van der Waals surface area contributed by atoms with Crippen LogP contribution in [-0.2, 0) is 38.1 Å². The fourth-order valence-corrected chi connectivity index (χ4v) is 0. The van der Waals surface area contributed by atoms with Gasteiger partial charge in [-0.1, -0.05) is 0 Å². The minimum absolute atomic E-state index is 0. The third kappa shape index (κ3) is 8.85. The molecular weight excluding hydrogens is 389 g/mol. The van der Waals surface area contributed by atoms with E-state index in [0.717, 1.165) is 0 Å². The summed E-state index contributed by atoms with van der Waals surface area (Å²) in [5.41, 5.74) is 0. The predicted molar refractivity (Wildman–Crippen MR) is 21.3 cm³/mol. The molecule has 4 heteroatoms. The van der Waals surface area contributed by atoms with Crippen molar-refractivity contribution in [2.24, 2.45) is 0 Å². The van der Waals surface area contributed by atoms with Crippen molar-refractivity contribution < 1.29 is 38.1 Å². The molecule has 0 rings (SSSR count). The first-order valence-corrected chi connectivity index (χ1v) is 0. The van der Waals surface area contributed by atoms with Crippen molar-refractivity contribution >= 4 is 37.2 Å². The fourth-order valence-electron chi connectivity index (χ4n) is 0. The quantitative estimate of drug-likeness (QED) is 0.393. The number of rotatable bonds is 0. The van der Waals surface area contributed by atoms with E-state index >= 15 is 0 Å². The molecule has 0 aromatic heterocycles. The van der Waals surface area contributed by atoms with Crippen LogP contribution < -0.4 is 0 Å². The van der Waals surface area contributed by atoms with Gasteiger partial charge in [0.25, 0.3) is 0 Å². The maximum atomic E-state index is 0. The van der Waals surface area contributed by atoms with E-state index in [1.165, 1.54) is 0 Å². The van der Waals surface area contributed by atoms with E-state index < -0.39 is 0 Å². The minimum Gasteiger partial charge on any atom is -0.0149 e. The van der Waals surface area contributed by atoms with Crippen molar-refractivity contribution in [1.82, 2.24) is 0 Å². The van der Waals surface area contributed by atoms with E-state index in [2.05, 4.69) is 0 Å². The van der Waals surface area contributed by atoms with Crippen molar-refractivity contribution in [3.63, 3.8) is 0 Å².